The molecule has 1 aromatic carbocycles. The van der Waals surface area contributed by atoms with Crippen LogP contribution in [0, 0.1) is 5.82 Å². The second-order valence-corrected chi connectivity index (χ2v) is 5.64. The summed E-state index contributed by atoms with van der Waals surface area (Å²) >= 11 is 0. The fraction of sp³-hybridized carbons (Fsp3) is 0.600. The lowest BCUT2D eigenvalue weighted by Gasteiger charge is -2.36. The summed E-state index contributed by atoms with van der Waals surface area (Å²) in [6, 6.07) is 5.86. The van der Waals surface area contributed by atoms with E-state index in [0.717, 1.165) is 32.2 Å². The Morgan fingerprint density at radius 1 is 1.21 bits per heavy atom. The lowest BCUT2D eigenvalue weighted by atomic mass is 10.1. The number of halogens is 1. The van der Waals surface area contributed by atoms with E-state index in [9.17, 15) is 9.50 Å². The number of rotatable bonds is 3. The van der Waals surface area contributed by atoms with E-state index in [2.05, 4.69) is 9.80 Å². The van der Waals surface area contributed by atoms with Crippen molar-refractivity contribution in [3.63, 3.8) is 0 Å². The zero-order valence-electron chi connectivity index (χ0n) is 11.3. The minimum atomic E-state index is -0.615. The third-order valence-electron chi connectivity index (χ3n) is 4.17. The van der Waals surface area contributed by atoms with Crippen molar-refractivity contribution in [2.75, 3.05) is 31.1 Å². The summed E-state index contributed by atoms with van der Waals surface area (Å²) in [4.78, 5) is 4.62. The molecule has 2 fully saturated rings. The molecule has 1 aromatic rings. The Morgan fingerprint density at radius 3 is 2.42 bits per heavy atom. The van der Waals surface area contributed by atoms with Crippen LogP contribution >= 0.6 is 0 Å². The molecule has 4 heteroatoms. The van der Waals surface area contributed by atoms with Gasteiger partial charge < -0.3 is 10.0 Å². The second kappa shape index (κ2) is 5.10. The molecule has 1 atom stereocenters. The topological polar surface area (TPSA) is 26.7 Å². The molecule has 1 saturated carbocycles. The summed E-state index contributed by atoms with van der Waals surface area (Å²) in [5, 5.41) is 9.47. The molecule has 3 rings (SSSR count). The van der Waals surface area contributed by atoms with Crippen molar-refractivity contribution in [2.24, 2.45) is 0 Å². The Morgan fingerprint density at radius 2 is 1.89 bits per heavy atom. The van der Waals surface area contributed by atoms with Gasteiger partial charge >= 0.3 is 0 Å². The predicted octanol–water partition coefficient (Wildman–Crippen LogP) is 2.16. The van der Waals surface area contributed by atoms with Crippen LogP contribution < -0.4 is 4.90 Å². The van der Waals surface area contributed by atoms with Crippen molar-refractivity contribution < 1.29 is 9.50 Å². The largest absolute Gasteiger partial charge is 0.389 e. The highest BCUT2D eigenvalue weighted by Gasteiger charge is 2.31. The van der Waals surface area contributed by atoms with Crippen molar-refractivity contribution in [1.29, 1.82) is 0 Å². The summed E-state index contributed by atoms with van der Waals surface area (Å²) in [6.07, 6.45) is 2.05. The highest BCUT2D eigenvalue weighted by molar-refractivity contribution is 5.50. The standard InChI is InChI=1S/C15H21FN2O/c1-11(19)12-2-5-15(14(16)10-12)18-8-6-17(7-9-18)13-3-4-13/h2,5,10-11,13,19H,3-4,6-9H2,1H3/t11-/m0/s1. The van der Waals surface area contributed by atoms with Crippen LogP contribution in [0.3, 0.4) is 0 Å². The van der Waals surface area contributed by atoms with Crippen LogP contribution in [0.25, 0.3) is 0 Å². The fourth-order valence-corrected chi connectivity index (χ4v) is 2.81. The van der Waals surface area contributed by atoms with E-state index in [1.807, 2.05) is 6.07 Å². The van der Waals surface area contributed by atoms with Gasteiger partial charge in [0.25, 0.3) is 0 Å². The molecule has 0 unspecified atom stereocenters. The van der Waals surface area contributed by atoms with E-state index in [-0.39, 0.29) is 5.82 Å². The normalized spacial score (nSPS) is 22.6. The number of hydrogen-bond donors (Lipinski definition) is 1. The molecule has 0 spiro atoms. The van der Waals surface area contributed by atoms with Crippen LogP contribution in [0.15, 0.2) is 18.2 Å². The number of nitrogens with zero attached hydrogens (tertiary/aromatic N) is 2. The van der Waals surface area contributed by atoms with Gasteiger partial charge in [0.1, 0.15) is 5.82 Å². The lowest BCUT2D eigenvalue weighted by Crippen LogP contribution is -2.47. The SMILES string of the molecule is C[C@H](O)c1ccc(N2CCN(C3CC3)CC2)c(F)c1. The first-order valence-corrected chi connectivity index (χ1v) is 7.11. The lowest BCUT2D eigenvalue weighted by molar-refractivity contribution is 0.199. The number of anilines is 1. The van der Waals surface area contributed by atoms with Gasteiger partial charge in [-0.25, -0.2) is 4.39 Å². The smallest absolute Gasteiger partial charge is 0.146 e. The maximum Gasteiger partial charge on any atom is 0.146 e. The third kappa shape index (κ3) is 2.74. The van der Waals surface area contributed by atoms with E-state index < -0.39 is 6.10 Å². The maximum atomic E-state index is 14.1. The molecule has 1 N–H and O–H groups in total. The molecule has 3 nitrogen and oxygen atoms in total. The fourth-order valence-electron chi connectivity index (χ4n) is 2.81. The molecule has 19 heavy (non-hydrogen) atoms. The van der Waals surface area contributed by atoms with Crippen LogP contribution in [0.1, 0.15) is 31.4 Å². The Hall–Kier alpha value is -1.13. The molecule has 1 aliphatic heterocycles. The van der Waals surface area contributed by atoms with Crippen molar-refractivity contribution in [3.05, 3.63) is 29.6 Å². The van der Waals surface area contributed by atoms with E-state index in [1.165, 1.54) is 18.9 Å². The Balaban J connectivity index is 1.69. The van der Waals surface area contributed by atoms with Crippen LogP contribution in [0.5, 0.6) is 0 Å². The van der Waals surface area contributed by atoms with E-state index in [0.29, 0.717) is 11.3 Å². The van der Waals surface area contributed by atoms with E-state index >= 15 is 0 Å². The van der Waals surface area contributed by atoms with Gasteiger partial charge in [-0.2, -0.15) is 0 Å². The summed E-state index contributed by atoms with van der Waals surface area (Å²) in [5.41, 5.74) is 1.30. The van der Waals surface area contributed by atoms with Gasteiger partial charge in [0.2, 0.25) is 0 Å². The average Bonchev–Trinajstić information content (AvgIpc) is 3.23. The molecule has 0 bridgehead atoms. The number of hydrogen-bond acceptors (Lipinski definition) is 3. The molecule has 2 aliphatic rings. The summed E-state index contributed by atoms with van der Waals surface area (Å²) < 4.78 is 14.1. The van der Waals surface area contributed by atoms with Crippen LogP contribution in [-0.2, 0) is 0 Å². The first-order chi connectivity index (χ1) is 9.15. The van der Waals surface area contributed by atoms with E-state index in [4.69, 9.17) is 0 Å². The molecule has 1 heterocycles. The number of benzene rings is 1. The summed E-state index contributed by atoms with van der Waals surface area (Å²) in [5.74, 6) is -0.224. The minimum Gasteiger partial charge on any atom is -0.389 e. The average molecular weight is 264 g/mol. The summed E-state index contributed by atoms with van der Waals surface area (Å²) in [6.45, 7) is 5.50. The Kier molecular flexibility index (Phi) is 3.46. The van der Waals surface area contributed by atoms with Gasteiger partial charge in [0, 0.05) is 32.2 Å². The molecule has 0 aromatic heterocycles. The van der Waals surface area contributed by atoms with Gasteiger partial charge in [-0.05, 0) is 37.5 Å². The molecule has 0 amide bonds. The van der Waals surface area contributed by atoms with Crippen molar-refractivity contribution >= 4 is 5.69 Å². The first-order valence-electron chi connectivity index (χ1n) is 7.11. The molecule has 0 radical (unpaired) electrons. The number of piperazine rings is 1. The Bertz CT molecular complexity index is 451. The maximum absolute atomic E-state index is 14.1. The number of aliphatic hydroxyl groups is 1. The second-order valence-electron chi connectivity index (χ2n) is 5.64. The van der Waals surface area contributed by atoms with Gasteiger partial charge in [-0.3, -0.25) is 4.90 Å². The van der Waals surface area contributed by atoms with E-state index in [1.54, 1.807) is 13.0 Å². The van der Waals surface area contributed by atoms with Crippen molar-refractivity contribution in [1.82, 2.24) is 4.90 Å². The van der Waals surface area contributed by atoms with Gasteiger partial charge in [-0.15, -0.1) is 0 Å². The molecule has 1 saturated heterocycles. The zero-order chi connectivity index (χ0) is 13.4. The molecule has 1 aliphatic carbocycles. The van der Waals surface area contributed by atoms with Crippen LogP contribution in [-0.4, -0.2) is 42.2 Å². The van der Waals surface area contributed by atoms with Gasteiger partial charge in [-0.1, -0.05) is 6.07 Å². The third-order valence-corrected chi connectivity index (χ3v) is 4.17. The van der Waals surface area contributed by atoms with Crippen molar-refractivity contribution in [3.8, 4) is 0 Å². The van der Waals surface area contributed by atoms with Crippen LogP contribution in [0.4, 0.5) is 10.1 Å². The monoisotopic (exact) mass is 264 g/mol. The van der Waals surface area contributed by atoms with Crippen LogP contribution in [0.2, 0.25) is 0 Å². The summed E-state index contributed by atoms with van der Waals surface area (Å²) in [7, 11) is 0. The molecular formula is C15H21FN2O. The molecular weight excluding hydrogens is 243 g/mol. The van der Waals surface area contributed by atoms with Crippen molar-refractivity contribution in [2.45, 2.75) is 31.9 Å². The number of aliphatic hydroxyl groups excluding tert-OH is 1. The highest BCUT2D eigenvalue weighted by Crippen LogP contribution is 2.29. The van der Waals surface area contributed by atoms with Gasteiger partial charge in [0.15, 0.2) is 0 Å². The highest BCUT2D eigenvalue weighted by atomic mass is 19.1. The predicted molar refractivity (Wildman–Crippen MR) is 73.8 cm³/mol. The first kappa shape index (κ1) is 12.9. The van der Waals surface area contributed by atoms with Gasteiger partial charge in [0.05, 0.1) is 11.8 Å². The Labute approximate surface area is 113 Å². The molecule has 104 valence electrons. The quantitative estimate of drug-likeness (QED) is 0.906. The zero-order valence-corrected chi connectivity index (χ0v) is 11.3. The minimum absolute atomic E-state index is 0.224.